The van der Waals surface area contributed by atoms with Gasteiger partial charge in [0.15, 0.2) is 11.5 Å². The largest absolute Gasteiger partial charge is 0.493 e. The predicted molar refractivity (Wildman–Crippen MR) is 145 cm³/mol. The standard InChI is InChI=1S/C30H25N3O4/c1-35-28-18-10-22(20-29(28)36-2)11-19-30(34)37-27-16-8-23(9-17-27)21-31-24-12-14-26(15-13-24)33-32-25-6-4-3-5-7-25/h3-21H,1-2H3/b19-11+,31-21?,33-32?. The van der Waals surface area contributed by atoms with E-state index in [0.29, 0.717) is 17.2 Å². The van der Waals surface area contributed by atoms with Crippen molar-refractivity contribution in [2.24, 2.45) is 15.2 Å². The molecule has 0 spiro atoms. The first-order valence-electron chi connectivity index (χ1n) is 11.5. The number of nitrogens with zero attached hydrogens (tertiary/aromatic N) is 3. The second-order valence-electron chi connectivity index (χ2n) is 7.75. The summed E-state index contributed by atoms with van der Waals surface area (Å²) in [7, 11) is 3.13. The fourth-order valence-corrected chi connectivity index (χ4v) is 3.26. The van der Waals surface area contributed by atoms with Gasteiger partial charge in [-0.3, -0.25) is 4.99 Å². The van der Waals surface area contributed by atoms with Crippen LogP contribution in [0.3, 0.4) is 0 Å². The smallest absolute Gasteiger partial charge is 0.336 e. The number of aliphatic imine (C=N–C) groups is 1. The zero-order valence-electron chi connectivity index (χ0n) is 20.4. The van der Waals surface area contributed by atoms with E-state index in [-0.39, 0.29) is 0 Å². The number of azo groups is 1. The monoisotopic (exact) mass is 491 g/mol. The molecule has 7 nitrogen and oxygen atoms in total. The number of benzene rings is 4. The third-order valence-corrected chi connectivity index (χ3v) is 5.17. The van der Waals surface area contributed by atoms with E-state index >= 15 is 0 Å². The van der Waals surface area contributed by atoms with Crippen LogP contribution >= 0.6 is 0 Å². The summed E-state index contributed by atoms with van der Waals surface area (Å²) >= 11 is 0. The molecule has 7 heteroatoms. The summed E-state index contributed by atoms with van der Waals surface area (Å²) in [5.74, 6) is 1.15. The van der Waals surface area contributed by atoms with Crippen LogP contribution in [-0.4, -0.2) is 26.4 Å². The van der Waals surface area contributed by atoms with Crippen molar-refractivity contribution in [2.75, 3.05) is 14.2 Å². The molecule has 0 aliphatic carbocycles. The lowest BCUT2D eigenvalue weighted by Crippen LogP contribution is -2.03. The molecule has 4 aromatic rings. The van der Waals surface area contributed by atoms with Gasteiger partial charge in [0.1, 0.15) is 5.75 Å². The molecule has 0 bridgehead atoms. The average Bonchev–Trinajstić information content (AvgIpc) is 2.95. The van der Waals surface area contributed by atoms with Gasteiger partial charge in [0, 0.05) is 12.3 Å². The molecule has 0 aromatic heterocycles. The predicted octanol–water partition coefficient (Wildman–Crippen LogP) is 7.49. The summed E-state index contributed by atoms with van der Waals surface area (Å²) in [6, 6.07) is 29.5. The highest BCUT2D eigenvalue weighted by Gasteiger charge is 2.04. The molecule has 4 aromatic carbocycles. The van der Waals surface area contributed by atoms with E-state index in [1.165, 1.54) is 6.08 Å². The molecule has 4 rings (SSSR count). The van der Waals surface area contributed by atoms with Gasteiger partial charge in [-0.2, -0.15) is 10.2 Å². The first-order chi connectivity index (χ1) is 18.1. The summed E-state index contributed by atoms with van der Waals surface area (Å²) in [5, 5.41) is 8.44. The summed E-state index contributed by atoms with van der Waals surface area (Å²) in [4.78, 5) is 16.7. The van der Waals surface area contributed by atoms with Gasteiger partial charge in [0.05, 0.1) is 31.3 Å². The van der Waals surface area contributed by atoms with E-state index in [2.05, 4.69) is 15.2 Å². The molecule has 0 atom stereocenters. The van der Waals surface area contributed by atoms with Crippen molar-refractivity contribution in [3.63, 3.8) is 0 Å². The Kier molecular flexibility index (Phi) is 8.54. The van der Waals surface area contributed by atoms with Crippen LogP contribution in [0.4, 0.5) is 17.1 Å². The van der Waals surface area contributed by atoms with Crippen LogP contribution < -0.4 is 14.2 Å². The van der Waals surface area contributed by atoms with Crippen molar-refractivity contribution in [3.05, 3.63) is 114 Å². The van der Waals surface area contributed by atoms with Gasteiger partial charge >= 0.3 is 5.97 Å². The molecule has 37 heavy (non-hydrogen) atoms. The molecule has 184 valence electrons. The molecule has 0 unspecified atom stereocenters. The van der Waals surface area contributed by atoms with Gasteiger partial charge in [0.2, 0.25) is 0 Å². The average molecular weight is 492 g/mol. The normalized spacial score (nSPS) is 11.3. The van der Waals surface area contributed by atoms with Crippen LogP contribution in [0, 0.1) is 0 Å². The maximum atomic E-state index is 12.2. The molecule has 0 saturated heterocycles. The Morgan fingerprint density at radius 2 is 1.30 bits per heavy atom. The maximum absolute atomic E-state index is 12.2. The number of esters is 1. The number of methoxy groups -OCH3 is 2. The van der Waals surface area contributed by atoms with Gasteiger partial charge < -0.3 is 14.2 Å². The van der Waals surface area contributed by atoms with E-state index in [9.17, 15) is 4.79 Å². The van der Waals surface area contributed by atoms with Gasteiger partial charge in [-0.15, -0.1) is 0 Å². The van der Waals surface area contributed by atoms with Crippen molar-refractivity contribution in [3.8, 4) is 17.2 Å². The van der Waals surface area contributed by atoms with Crippen molar-refractivity contribution in [1.82, 2.24) is 0 Å². The SMILES string of the molecule is COc1ccc(/C=C/C(=O)Oc2ccc(C=Nc3ccc(N=Nc4ccccc4)cc3)cc2)cc1OC. The lowest BCUT2D eigenvalue weighted by molar-refractivity contribution is -0.128. The highest BCUT2D eigenvalue weighted by atomic mass is 16.5. The van der Waals surface area contributed by atoms with Gasteiger partial charge in [-0.1, -0.05) is 24.3 Å². The number of hydrogen-bond acceptors (Lipinski definition) is 7. The van der Waals surface area contributed by atoms with Crippen LogP contribution in [0.25, 0.3) is 6.08 Å². The van der Waals surface area contributed by atoms with Crippen molar-refractivity contribution >= 4 is 35.3 Å². The Hall–Kier alpha value is -5.04. The van der Waals surface area contributed by atoms with Crippen LogP contribution in [0.5, 0.6) is 17.2 Å². The molecular weight excluding hydrogens is 466 g/mol. The van der Waals surface area contributed by atoms with Crippen LogP contribution in [0.1, 0.15) is 11.1 Å². The number of carbonyl (C=O) groups is 1. The number of hydrogen-bond donors (Lipinski definition) is 0. The second-order valence-corrected chi connectivity index (χ2v) is 7.75. The highest BCUT2D eigenvalue weighted by Crippen LogP contribution is 2.28. The first kappa shape index (κ1) is 25.1. The van der Waals surface area contributed by atoms with Gasteiger partial charge in [0.25, 0.3) is 0 Å². The second kappa shape index (κ2) is 12.6. The van der Waals surface area contributed by atoms with Gasteiger partial charge in [-0.25, -0.2) is 4.79 Å². The topological polar surface area (TPSA) is 81.8 Å². The van der Waals surface area contributed by atoms with Crippen LogP contribution in [0.2, 0.25) is 0 Å². The van der Waals surface area contributed by atoms with Crippen molar-refractivity contribution in [1.29, 1.82) is 0 Å². The minimum atomic E-state index is -0.485. The van der Waals surface area contributed by atoms with Crippen LogP contribution in [-0.2, 0) is 4.79 Å². The molecule has 0 fully saturated rings. The van der Waals surface area contributed by atoms with E-state index in [4.69, 9.17) is 14.2 Å². The van der Waals surface area contributed by atoms with Gasteiger partial charge in [-0.05, 0) is 90.0 Å². The number of ether oxygens (including phenoxy) is 3. The molecular formula is C30H25N3O4. The molecule has 0 radical (unpaired) electrons. The Balaban J connectivity index is 1.30. The summed E-state index contributed by atoms with van der Waals surface area (Å²) in [5.41, 5.74) is 3.98. The molecule has 0 saturated carbocycles. The van der Waals surface area contributed by atoms with Crippen molar-refractivity contribution < 1.29 is 19.0 Å². The Morgan fingerprint density at radius 3 is 1.97 bits per heavy atom. The minimum absolute atomic E-state index is 0.437. The summed E-state index contributed by atoms with van der Waals surface area (Å²) < 4.78 is 15.9. The Morgan fingerprint density at radius 1 is 0.676 bits per heavy atom. The molecule has 0 aliphatic rings. The lowest BCUT2D eigenvalue weighted by Gasteiger charge is -2.07. The zero-order chi connectivity index (χ0) is 25.9. The summed E-state index contributed by atoms with van der Waals surface area (Å²) in [6.45, 7) is 0. The quantitative estimate of drug-likeness (QED) is 0.0798. The third kappa shape index (κ3) is 7.47. The van der Waals surface area contributed by atoms with Crippen LogP contribution in [0.15, 0.2) is 118 Å². The maximum Gasteiger partial charge on any atom is 0.336 e. The summed E-state index contributed by atoms with van der Waals surface area (Å²) in [6.07, 6.45) is 4.75. The zero-order valence-corrected chi connectivity index (χ0v) is 20.4. The van der Waals surface area contributed by atoms with E-state index in [0.717, 1.165) is 28.2 Å². The molecule has 0 N–H and O–H groups in total. The Labute approximate surface area is 215 Å². The lowest BCUT2D eigenvalue weighted by atomic mass is 10.2. The van der Waals surface area contributed by atoms with E-state index in [1.54, 1.807) is 50.8 Å². The first-order valence-corrected chi connectivity index (χ1v) is 11.5. The molecule has 0 aliphatic heterocycles. The third-order valence-electron chi connectivity index (χ3n) is 5.17. The van der Waals surface area contributed by atoms with Crippen molar-refractivity contribution in [2.45, 2.75) is 0 Å². The number of rotatable bonds is 9. The Bertz CT molecular complexity index is 1410. The molecule has 0 heterocycles. The fourth-order valence-electron chi connectivity index (χ4n) is 3.26. The molecule has 0 amide bonds. The van der Waals surface area contributed by atoms with E-state index < -0.39 is 5.97 Å². The highest BCUT2D eigenvalue weighted by molar-refractivity contribution is 5.89. The van der Waals surface area contributed by atoms with E-state index in [1.807, 2.05) is 72.8 Å². The minimum Gasteiger partial charge on any atom is -0.493 e. The number of carbonyl (C=O) groups excluding carboxylic acids is 1. The fraction of sp³-hybridized carbons (Fsp3) is 0.0667.